The molecular formula is C23H17N3O4. The Morgan fingerprint density at radius 1 is 1.10 bits per heavy atom. The molecule has 148 valence electrons. The van der Waals surface area contributed by atoms with Crippen LogP contribution in [0.15, 0.2) is 77.2 Å². The van der Waals surface area contributed by atoms with Crippen molar-refractivity contribution >= 4 is 34.5 Å². The van der Waals surface area contributed by atoms with Crippen molar-refractivity contribution in [3.05, 3.63) is 94.0 Å². The normalized spacial score (nSPS) is 11.1. The zero-order chi connectivity index (χ0) is 21.1. The second-order valence-electron chi connectivity index (χ2n) is 6.69. The van der Waals surface area contributed by atoms with Crippen LogP contribution in [0.2, 0.25) is 0 Å². The highest BCUT2D eigenvalue weighted by Gasteiger charge is 2.11. The van der Waals surface area contributed by atoms with Gasteiger partial charge in [-0.25, -0.2) is 4.98 Å². The lowest BCUT2D eigenvalue weighted by Gasteiger charge is -2.01. The number of nitrogens with one attached hydrogen (secondary N) is 1. The van der Waals surface area contributed by atoms with Crippen LogP contribution in [0.3, 0.4) is 0 Å². The first-order chi connectivity index (χ1) is 14.5. The molecule has 4 rings (SSSR count). The second-order valence-corrected chi connectivity index (χ2v) is 6.69. The zero-order valence-corrected chi connectivity index (χ0v) is 16.0. The Morgan fingerprint density at radius 2 is 1.93 bits per heavy atom. The van der Waals surface area contributed by atoms with E-state index in [1.807, 2.05) is 31.2 Å². The van der Waals surface area contributed by atoms with Gasteiger partial charge in [-0.1, -0.05) is 30.3 Å². The van der Waals surface area contributed by atoms with Crippen molar-refractivity contribution in [2.45, 2.75) is 6.92 Å². The van der Waals surface area contributed by atoms with Crippen molar-refractivity contribution in [1.82, 2.24) is 4.98 Å². The molecule has 0 aliphatic carbocycles. The lowest BCUT2D eigenvalue weighted by Crippen LogP contribution is -2.07. The molecule has 0 aliphatic rings. The van der Waals surface area contributed by atoms with E-state index in [0.717, 1.165) is 11.1 Å². The first-order valence-electron chi connectivity index (χ1n) is 9.20. The molecule has 0 saturated heterocycles. The fourth-order valence-corrected chi connectivity index (χ4v) is 3.03. The van der Waals surface area contributed by atoms with Gasteiger partial charge in [0, 0.05) is 29.5 Å². The summed E-state index contributed by atoms with van der Waals surface area (Å²) in [4.78, 5) is 27.1. The summed E-state index contributed by atoms with van der Waals surface area (Å²) in [7, 11) is 0. The third-order valence-electron chi connectivity index (χ3n) is 4.54. The quantitative estimate of drug-likeness (QED) is 0.277. The van der Waals surface area contributed by atoms with Gasteiger partial charge in [0.15, 0.2) is 5.58 Å². The van der Waals surface area contributed by atoms with Crippen LogP contribution in [-0.4, -0.2) is 15.8 Å². The molecule has 1 N–H and O–H groups in total. The van der Waals surface area contributed by atoms with E-state index < -0.39 is 4.92 Å². The number of oxazole rings is 1. The van der Waals surface area contributed by atoms with Crippen LogP contribution in [0.1, 0.15) is 11.1 Å². The molecule has 0 atom stereocenters. The van der Waals surface area contributed by atoms with E-state index in [2.05, 4.69) is 10.3 Å². The van der Waals surface area contributed by atoms with Gasteiger partial charge in [0.05, 0.1) is 4.92 Å². The van der Waals surface area contributed by atoms with Gasteiger partial charge >= 0.3 is 0 Å². The largest absolute Gasteiger partial charge is 0.436 e. The average molecular weight is 399 g/mol. The third kappa shape index (κ3) is 4.10. The minimum atomic E-state index is -0.476. The van der Waals surface area contributed by atoms with Gasteiger partial charge in [0.1, 0.15) is 5.52 Å². The highest BCUT2D eigenvalue weighted by Crippen LogP contribution is 2.28. The number of carbonyl (C=O) groups excluding carboxylic acids is 1. The van der Waals surface area contributed by atoms with E-state index in [-0.39, 0.29) is 11.6 Å². The topological polar surface area (TPSA) is 98.3 Å². The fourth-order valence-electron chi connectivity index (χ4n) is 3.03. The number of carbonyl (C=O) groups is 1. The molecular weight excluding hydrogens is 382 g/mol. The summed E-state index contributed by atoms with van der Waals surface area (Å²) in [6.07, 6.45) is 2.85. The van der Waals surface area contributed by atoms with Crippen molar-refractivity contribution in [3.8, 4) is 11.5 Å². The van der Waals surface area contributed by atoms with Gasteiger partial charge in [-0.2, -0.15) is 0 Å². The number of aromatic nitrogens is 1. The van der Waals surface area contributed by atoms with E-state index in [1.54, 1.807) is 30.3 Å². The minimum absolute atomic E-state index is 0.0292. The van der Waals surface area contributed by atoms with Crippen LogP contribution < -0.4 is 5.32 Å². The summed E-state index contributed by atoms with van der Waals surface area (Å²) in [5.74, 6) is 0.167. The van der Waals surface area contributed by atoms with Gasteiger partial charge in [-0.05, 0) is 48.4 Å². The number of nitro groups is 1. The molecule has 0 aliphatic heterocycles. The average Bonchev–Trinajstić information content (AvgIpc) is 3.16. The number of hydrogen-bond donors (Lipinski definition) is 1. The molecule has 0 spiro atoms. The summed E-state index contributed by atoms with van der Waals surface area (Å²) in [6.45, 7) is 1.99. The maximum Gasteiger partial charge on any atom is 0.270 e. The van der Waals surface area contributed by atoms with Crippen LogP contribution in [0.4, 0.5) is 11.4 Å². The number of nitro benzene ring substituents is 1. The smallest absolute Gasteiger partial charge is 0.270 e. The number of nitrogens with zero attached hydrogens (tertiary/aromatic N) is 2. The molecule has 0 unspecified atom stereocenters. The number of fused-ring (bicyclic) bond motifs is 1. The van der Waals surface area contributed by atoms with E-state index >= 15 is 0 Å². The van der Waals surface area contributed by atoms with Crippen LogP contribution in [0, 0.1) is 17.0 Å². The summed E-state index contributed by atoms with van der Waals surface area (Å²) in [5, 5.41) is 13.6. The van der Waals surface area contributed by atoms with Crippen molar-refractivity contribution in [3.63, 3.8) is 0 Å². The molecule has 0 radical (unpaired) electrons. The van der Waals surface area contributed by atoms with Crippen molar-refractivity contribution in [1.29, 1.82) is 0 Å². The molecule has 3 aromatic carbocycles. The molecule has 0 fully saturated rings. The Labute approximate surface area is 171 Å². The standard InChI is InChI=1S/C23H17N3O4/c1-15-5-2-3-8-19(15)23-25-20-14-17(10-11-21(20)30-23)24-22(27)12-9-16-6-4-7-18(13-16)26(28)29/h2-14H,1H3,(H,24,27)/b12-9+. The zero-order valence-electron chi connectivity index (χ0n) is 16.0. The van der Waals surface area contributed by atoms with Gasteiger partial charge in [0.2, 0.25) is 11.8 Å². The van der Waals surface area contributed by atoms with Gasteiger partial charge in [-0.15, -0.1) is 0 Å². The number of non-ortho nitro benzene ring substituents is 1. The summed E-state index contributed by atoms with van der Waals surface area (Å²) >= 11 is 0. The second kappa shape index (κ2) is 8.00. The van der Waals surface area contributed by atoms with Crippen LogP contribution in [0.25, 0.3) is 28.6 Å². The molecule has 0 bridgehead atoms. The summed E-state index contributed by atoms with van der Waals surface area (Å²) in [6, 6.07) is 19.1. The lowest BCUT2D eigenvalue weighted by atomic mass is 10.1. The maximum atomic E-state index is 12.2. The maximum absolute atomic E-state index is 12.2. The number of hydrogen-bond acceptors (Lipinski definition) is 5. The Morgan fingerprint density at radius 3 is 2.73 bits per heavy atom. The molecule has 1 aromatic heterocycles. The highest BCUT2D eigenvalue weighted by molar-refractivity contribution is 6.02. The van der Waals surface area contributed by atoms with E-state index in [4.69, 9.17) is 4.42 Å². The van der Waals surface area contributed by atoms with Crippen LogP contribution >= 0.6 is 0 Å². The molecule has 1 amide bonds. The predicted molar refractivity (Wildman–Crippen MR) is 115 cm³/mol. The number of benzene rings is 3. The summed E-state index contributed by atoms with van der Waals surface area (Å²) in [5.41, 5.74) is 4.34. The predicted octanol–water partition coefficient (Wildman–Crippen LogP) is 5.36. The van der Waals surface area contributed by atoms with Crippen molar-refractivity contribution in [2.75, 3.05) is 5.32 Å². The fraction of sp³-hybridized carbons (Fsp3) is 0.0435. The van der Waals surface area contributed by atoms with Crippen LogP contribution in [0.5, 0.6) is 0 Å². The SMILES string of the molecule is Cc1ccccc1-c1nc2cc(NC(=O)/C=C/c3cccc([N+](=O)[O-])c3)ccc2o1. The van der Waals surface area contributed by atoms with Crippen molar-refractivity contribution in [2.24, 2.45) is 0 Å². The van der Waals surface area contributed by atoms with Gasteiger partial charge in [-0.3, -0.25) is 14.9 Å². The minimum Gasteiger partial charge on any atom is -0.436 e. The van der Waals surface area contributed by atoms with E-state index in [9.17, 15) is 14.9 Å². The first kappa shape index (κ1) is 19.1. The molecule has 7 nitrogen and oxygen atoms in total. The van der Waals surface area contributed by atoms with Gasteiger partial charge < -0.3 is 9.73 Å². The van der Waals surface area contributed by atoms with E-state index in [1.165, 1.54) is 24.3 Å². The number of anilines is 1. The summed E-state index contributed by atoms with van der Waals surface area (Å²) < 4.78 is 5.84. The Bertz CT molecular complexity index is 1290. The number of rotatable bonds is 5. The van der Waals surface area contributed by atoms with E-state index in [0.29, 0.717) is 28.2 Å². The lowest BCUT2D eigenvalue weighted by molar-refractivity contribution is -0.384. The number of amides is 1. The van der Waals surface area contributed by atoms with Gasteiger partial charge in [0.25, 0.3) is 5.69 Å². The Hall–Kier alpha value is -4.26. The molecule has 4 aromatic rings. The third-order valence-corrected chi connectivity index (χ3v) is 4.54. The Kier molecular flexibility index (Phi) is 5.09. The monoisotopic (exact) mass is 399 g/mol. The van der Waals surface area contributed by atoms with Crippen LogP contribution in [-0.2, 0) is 4.79 Å². The first-order valence-corrected chi connectivity index (χ1v) is 9.20. The molecule has 1 heterocycles. The molecule has 7 heteroatoms. The van der Waals surface area contributed by atoms with Crippen molar-refractivity contribution < 1.29 is 14.1 Å². The highest BCUT2D eigenvalue weighted by atomic mass is 16.6. The number of aryl methyl sites for hydroxylation is 1. The molecule has 0 saturated carbocycles. The Balaban J connectivity index is 1.51. The molecule has 30 heavy (non-hydrogen) atoms.